The molecule has 6 aliphatic rings. The molecule has 0 bridgehead atoms. The van der Waals surface area contributed by atoms with Gasteiger partial charge < -0.3 is 18.9 Å². The van der Waals surface area contributed by atoms with Crippen LogP contribution in [0.1, 0.15) is 20.3 Å². The van der Waals surface area contributed by atoms with E-state index in [0.29, 0.717) is 13.6 Å². The molecule has 0 aromatic heterocycles. The molecule has 6 rings (SSSR count). The number of ether oxygens (including phenoxy) is 4. The molecule has 0 amide bonds. The fraction of sp³-hybridized carbons (Fsp3) is 0.304. The van der Waals surface area contributed by atoms with Gasteiger partial charge in [0.05, 0.1) is 8.96 Å². The zero-order valence-corrected chi connectivity index (χ0v) is 19.1. The van der Waals surface area contributed by atoms with Crippen molar-refractivity contribution in [2.45, 2.75) is 32.5 Å². The Morgan fingerprint density at radius 3 is 1.66 bits per heavy atom. The fourth-order valence-electron chi connectivity index (χ4n) is 4.75. The van der Waals surface area contributed by atoms with Crippen LogP contribution in [0.3, 0.4) is 0 Å². The quantitative estimate of drug-likeness (QED) is 0.469. The van der Waals surface area contributed by atoms with Gasteiger partial charge >= 0.3 is 0 Å². The van der Waals surface area contributed by atoms with Crippen molar-refractivity contribution in [1.82, 2.24) is 0 Å². The second kappa shape index (κ2) is 6.45. The first-order valence-corrected chi connectivity index (χ1v) is 11.2. The summed E-state index contributed by atoms with van der Waals surface area (Å²) in [6.07, 6.45) is 9.52. The molecule has 29 heavy (non-hydrogen) atoms. The van der Waals surface area contributed by atoms with Crippen LogP contribution >= 0.6 is 31.9 Å². The Kier molecular flexibility index (Phi) is 4.04. The second-order valence-electron chi connectivity index (χ2n) is 7.83. The van der Waals surface area contributed by atoms with Crippen LogP contribution in [0.25, 0.3) is 0 Å². The average molecular weight is 518 g/mol. The summed E-state index contributed by atoms with van der Waals surface area (Å²) in [6.45, 7) is 4.97. The highest BCUT2D eigenvalue weighted by molar-refractivity contribution is 9.12. The molecule has 2 unspecified atom stereocenters. The van der Waals surface area contributed by atoms with E-state index in [1.54, 1.807) is 0 Å². The summed E-state index contributed by atoms with van der Waals surface area (Å²) in [5, 5.41) is 0. The molecule has 2 heterocycles. The summed E-state index contributed by atoms with van der Waals surface area (Å²) in [5.41, 5.74) is 10.1. The van der Waals surface area contributed by atoms with E-state index in [2.05, 4.69) is 70.0 Å². The Morgan fingerprint density at radius 1 is 0.759 bits per heavy atom. The first-order chi connectivity index (χ1) is 14.0. The molecule has 0 radical (unpaired) electrons. The van der Waals surface area contributed by atoms with Gasteiger partial charge in [-0.3, -0.25) is 0 Å². The third-order valence-corrected chi connectivity index (χ3v) is 7.88. The molecule has 2 aliphatic heterocycles. The molecule has 0 saturated carbocycles. The summed E-state index contributed by atoms with van der Waals surface area (Å²) in [6, 6.07) is 0. The lowest BCUT2D eigenvalue weighted by atomic mass is 9.86. The maximum absolute atomic E-state index is 5.74. The molecular formula is C23H18Br2O4. The number of fused-ring (bicyclic) bond motifs is 4. The summed E-state index contributed by atoms with van der Waals surface area (Å²) in [5.74, 6) is 1.76. The molecule has 6 heteroatoms. The maximum atomic E-state index is 5.74. The summed E-state index contributed by atoms with van der Waals surface area (Å²) < 4.78 is 24.8. The van der Waals surface area contributed by atoms with E-state index in [-0.39, 0.29) is 12.2 Å². The minimum absolute atomic E-state index is 0.109. The van der Waals surface area contributed by atoms with Gasteiger partial charge in [0, 0.05) is 0 Å². The SMILES string of the molecule is CC1=C(CC2=C(C)C=C3C2=CC2OCOC2=C3Br)C2=CC3OCOC3=C(Br)C2=C1. The Bertz CT molecular complexity index is 1040. The van der Waals surface area contributed by atoms with Crippen molar-refractivity contribution >= 4 is 31.9 Å². The van der Waals surface area contributed by atoms with E-state index in [9.17, 15) is 0 Å². The van der Waals surface area contributed by atoms with E-state index in [1.165, 1.54) is 44.6 Å². The van der Waals surface area contributed by atoms with Crippen molar-refractivity contribution < 1.29 is 18.9 Å². The zero-order chi connectivity index (χ0) is 19.9. The van der Waals surface area contributed by atoms with Gasteiger partial charge in [-0.05, 0) is 121 Å². The maximum Gasteiger partial charge on any atom is 0.190 e. The highest BCUT2D eigenvalue weighted by Crippen LogP contribution is 2.51. The molecule has 2 fully saturated rings. The molecule has 4 aliphatic carbocycles. The lowest BCUT2D eigenvalue weighted by Gasteiger charge is -2.22. The standard InChI is InChI=1S/C23H18Br2O4/c1-10-3-16-14(6-18-22(20(16)24)28-8-26-18)12(10)5-13-11(2)4-17-15(13)7-19-23(21(17)25)29-9-27-19/h3-4,6-7,18-19H,5,8-9H2,1-2H3. The normalized spacial score (nSPS) is 29.8. The molecule has 0 aromatic carbocycles. The Balaban J connectivity index is 1.35. The Labute approximate surface area is 185 Å². The molecule has 4 nitrogen and oxygen atoms in total. The van der Waals surface area contributed by atoms with Crippen LogP contribution in [-0.4, -0.2) is 25.8 Å². The van der Waals surface area contributed by atoms with Gasteiger partial charge in [-0.25, -0.2) is 0 Å². The van der Waals surface area contributed by atoms with Crippen LogP contribution in [0.15, 0.2) is 89.4 Å². The minimum Gasteiger partial charge on any atom is -0.468 e. The van der Waals surface area contributed by atoms with Gasteiger partial charge in [-0.2, -0.15) is 0 Å². The molecule has 2 atom stereocenters. The van der Waals surface area contributed by atoms with Gasteiger partial charge in [0.2, 0.25) is 0 Å². The summed E-state index contributed by atoms with van der Waals surface area (Å²) in [4.78, 5) is 0. The summed E-state index contributed by atoms with van der Waals surface area (Å²) in [7, 11) is 0. The molecule has 148 valence electrons. The van der Waals surface area contributed by atoms with E-state index in [1.807, 2.05) is 0 Å². The van der Waals surface area contributed by atoms with Crippen molar-refractivity contribution in [3.8, 4) is 0 Å². The molecule has 0 N–H and O–H groups in total. The Morgan fingerprint density at radius 2 is 1.21 bits per heavy atom. The summed E-state index contributed by atoms with van der Waals surface area (Å²) >= 11 is 7.48. The number of halogens is 2. The van der Waals surface area contributed by atoms with E-state index in [4.69, 9.17) is 18.9 Å². The van der Waals surface area contributed by atoms with Crippen LogP contribution in [0, 0.1) is 0 Å². The van der Waals surface area contributed by atoms with E-state index >= 15 is 0 Å². The minimum atomic E-state index is -0.109. The molecule has 0 spiro atoms. The predicted molar refractivity (Wildman–Crippen MR) is 116 cm³/mol. The fourth-order valence-corrected chi connectivity index (χ4v) is 6.09. The first kappa shape index (κ1) is 18.2. The third-order valence-electron chi connectivity index (χ3n) is 6.24. The van der Waals surface area contributed by atoms with Crippen LogP contribution in [0.5, 0.6) is 0 Å². The monoisotopic (exact) mass is 516 g/mol. The van der Waals surface area contributed by atoms with Gasteiger partial charge in [0.1, 0.15) is 23.7 Å². The van der Waals surface area contributed by atoms with Crippen molar-refractivity contribution in [3.05, 3.63) is 89.4 Å². The lowest BCUT2D eigenvalue weighted by molar-refractivity contribution is 0.0627. The van der Waals surface area contributed by atoms with Crippen molar-refractivity contribution in [2.24, 2.45) is 0 Å². The van der Waals surface area contributed by atoms with Crippen LogP contribution in [-0.2, 0) is 18.9 Å². The second-order valence-corrected chi connectivity index (χ2v) is 9.42. The topological polar surface area (TPSA) is 36.9 Å². The molecule has 0 aromatic rings. The largest absolute Gasteiger partial charge is 0.468 e. The van der Waals surface area contributed by atoms with E-state index in [0.717, 1.165) is 26.9 Å². The number of hydrogen-bond acceptors (Lipinski definition) is 4. The van der Waals surface area contributed by atoms with Gasteiger partial charge in [-0.15, -0.1) is 0 Å². The highest BCUT2D eigenvalue weighted by Gasteiger charge is 2.38. The first-order valence-electron chi connectivity index (χ1n) is 9.60. The van der Waals surface area contributed by atoms with Crippen molar-refractivity contribution in [3.63, 3.8) is 0 Å². The van der Waals surface area contributed by atoms with Crippen LogP contribution in [0.4, 0.5) is 0 Å². The average Bonchev–Trinajstić information content (AvgIpc) is 3.45. The van der Waals surface area contributed by atoms with E-state index < -0.39 is 0 Å². The third kappa shape index (κ3) is 2.56. The number of rotatable bonds is 2. The molecule has 2 saturated heterocycles. The lowest BCUT2D eigenvalue weighted by Crippen LogP contribution is -2.14. The predicted octanol–water partition coefficient (Wildman–Crippen LogP) is 5.73. The van der Waals surface area contributed by atoms with Gasteiger partial charge in [0.15, 0.2) is 13.6 Å². The molecular weight excluding hydrogens is 500 g/mol. The van der Waals surface area contributed by atoms with Crippen molar-refractivity contribution in [2.75, 3.05) is 13.6 Å². The van der Waals surface area contributed by atoms with Crippen LogP contribution < -0.4 is 0 Å². The van der Waals surface area contributed by atoms with Gasteiger partial charge in [-0.1, -0.05) is 0 Å². The zero-order valence-electron chi connectivity index (χ0n) is 16.0. The van der Waals surface area contributed by atoms with Crippen molar-refractivity contribution in [1.29, 1.82) is 0 Å². The Hall–Kier alpha value is -1.60. The van der Waals surface area contributed by atoms with Crippen LogP contribution in [0.2, 0.25) is 0 Å². The van der Waals surface area contributed by atoms with Gasteiger partial charge in [0.25, 0.3) is 0 Å². The smallest absolute Gasteiger partial charge is 0.190 e. The number of hydrogen-bond donors (Lipinski definition) is 0. The number of allylic oxidation sites excluding steroid dienone is 12. The highest BCUT2D eigenvalue weighted by atomic mass is 79.9.